The van der Waals surface area contributed by atoms with E-state index in [0.29, 0.717) is 25.7 Å². The first-order valence-corrected chi connectivity index (χ1v) is 8.11. The Morgan fingerprint density at radius 1 is 1.26 bits per heavy atom. The minimum Gasteiger partial charge on any atom is -0.314 e. The summed E-state index contributed by atoms with van der Waals surface area (Å²) in [5.74, 6) is 0. The third-order valence-corrected chi connectivity index (χ3v) is 5.99. The molecule has 0 spiro atoms. The van der Waals surface area contributed by atoms with Crippen LogP contribution in [0.2, 0.25) is 0 Å². The topological polar surface area (TPSA) is 55.9 Å². The third-order valence-electron chi connectivity index (χ3n) is 3.96. The summed E-state index contributed by atoms with van der Waals surface area (Å²) in [6.45, 7) is 7.77. The molecule has 0 saturated carbocycles. The Morgan fingerprint density at radius 2 is 1.89 bits per heavy atom. The number of rotatable bonds is 4. The molecule has 0 bridgehead atoms. The Balaban J connectivity index is 0.00000180. The largest absolute Gasteiger partial charge is 0.314 e. The van der Waals surface area contributed by atoms with Crippen LogP contribution in [0.1, 0.15) is 13.3 Å². The quantitative estimate of drug-likeness (QED) is 0.766. The number of hydrogen-bond acceptors (Lipinski definition) is 4. The lowest BCUT2D eigenvalue weighted by atomic mass is 10.2. The summed E-state index contributed by atoms with van der Waals surface area (Å²) in [6.07, 6.45) is 0.955. The Labute approximate surface area is 122 Å². The molecule has 8 heteroatoms. The first-order chi connectivity index (χ1) is 8.55. The van der Waals surface area contributed by atoms with Gasteiger partial charge in [0.15, 0.2) is 0 Å². The molecule has 1 atom stereocenters. The van der Waals surface area contributed by atoms with Crippen molar-refractivity contribution in [1.82, 2.24) is 18.8 Å². The zero-order valence-electron chi connectivity index (χ0n) is 11.7. The minimum atomic E-state index is -3.24. The molecular formula is C11H25ClN4O2S. The van der Waals surface area contributed by atoms with Gasteiger partial charge in [0, 0.05) is 58.9 Å². The van der Waals surface area contributed by atoms with Crippen molar-refractivity contribution < 1.29 is 8.42 Å². The van der Waals surface area contributed by atoms with Gasteiger partial charge in [-0.2, -0.15) is 17.0 Å². The molecule has 2 aliphatic heterocycles. The van der Waals surface area contributed by atoms with Crippen LogP contribution in [0.3, 0.4) is 0 Å². The summed E-state index contributed by atoms with van der Waals surface area (Å²) in [5.41, 5.74) is 0. The zero-order chi connectivity index (χ0) is 13.2. The van der Waals surface area contributed by atoms with Crippen molar-refractivity contribution in [2.24, 2.45) is 0 Å². The molecule has 2 fully saturated rings. The SMILES string of the molecule is CCN(C)S(=O)(=O)N1CCC(N2CCNCC2)C1.Cl. The molecule has 0 aromatic rings. The molecule has 2 aliphatic rings. The maximum absolute atomic E-state index is 12.2. The van der Waals surface area contributed by atoms with Gasteiger partial charge in [0.1, 0.15) is 0 Å². The Kier molecular flexibility index (Phi) is 6.49. The highest BCUT2D eigenvalue weighted by Crippen LogP contribution is 2.20. The van der Waals surface area contributed by atoms with Gasteiger partial charge in [-0.1, -0.05) is 6.92 Å². The van der Waals surface area contributed by atoms with Crippen LogP contribution in [0, 0.1) is 0 Å². The van der Waals surface area contributed by atoms with E-state index in [9.17, 15) is 8.42 Å². The lowest BCUT2D eigenvalue weighted by Crippen LogP contribution is -2.50. The molecule has 1 unspecified atom stereocenters. The van der Waals surface area contributed by atoms with Gasteiger partial charge >= 0.3 is 0 Å². The minimum absolute atomic E-state index is 0. The van der Waals surface area contributed by atoms with E-state index in [0.717, 1.165) is 32.6 Å². The van der Waals surface area contributed by atoms with Gasteiger partial charge in [0.2, 0.25) is 0 Å². The van der Waals surface area contributed by atoms with Crippen molar-refractivity contribution in [3.8, 4) is 0 Å². The second-order valence-electron chi connectivity index (χ2n) is 5.01. The van der Waals surface area contributed by atoms with Gasteiger partial charge in [-0.25, -0.2) is 0 Å². The van der Waals surface area contributed by atoms with Gasteiger partial charge in [0.05, 0.1) is 0 Å². The first-order valence-electron chi connectivity index (χ1n) is 6.72. The fourth-order valence-corrected chi connectivity index (χ4v) is 4.04. The normalized spacial score (nSPS) is 26.6. The van der Waals surface area contributed by atoms with E-state index < -0.39 is 10.2 Å². The van der Waals surface area contributed by atoms with Crippen LogP contribution in [0.5, 0.6) is 0 Å². The molecule has 0 aromatic carbocycles. The van der Waals surface area contributed by atoms with Crippen molar-refractivity contribution in [1.29, 1.82) is 0 Å². The Bertz CT molecular complexity index is 373. The van der Waals surface area contributed by atoms with Crippen LogP contribution < -0.4 is 5.32 Å². The fourth-order valence-electron chi connectivity index (χ4n) is 2.63. The zero-order valence-corrected chi connectivity index (χ0v) is 13.3. The van der Waals surface area contributed by atoms with E-state index >= 15 is 0 Å². The summed E-state index contributed by atoms with van der Waals surface area (Å²) in [6, 6.07) is 0.395. The lowest BCUT2D eigenvalue weighted by molar-refractivity contribution is 0.179. The number of nitrogens with one attached hydrogen (secondary N) is 1. The molecule has 1 N–H and O–H groups in total. The highest BCUT2D eigenvalue weighted by atomic mass is 35.5. The summed E-state index contributed by atoms with van der Waals surface area (Å²) in [5, 5.41) is 3.33. The van der Waals surface area contributed by atoms with Crippen molar-refractivity contribution >= 4 is 22.6 Å². The van der Waals surface area contributed by atoms with Crippen molar-refractivity contribution in [2.45, 2.75) is 19.4 Å². The van der Waals surface area contributed by atoms with Crippen LogP contribution in [0.15, 0.2) is 0 Å². The summed E-state index contributed by atoms with van der Waals surface area (Å²) < 4.78 is 27.5. The van der Waals surface area contributed by atoms with E-state index in [2.05, 4.69) is 10.2 Å². The van der Waals surface area contributed by atoms with Gasteiger partial charge in [-0.3, -0.25) is 4.90 Å². The maximum atomic E-state index is 12.2. The molecular weight excluding hydrogens is 288 g/mol. The van der Waals surface area contributed by atoms with E-state index in [-0.39, 0.29) is 12.4 Å². The highest BCUT2D eigenvalue weighted by Gasteiger charge is 2.36. The second kappa shape index (κ2) is 7.19. The molecule has 0 aliphatic carbocycles. The van der Waals surface area contributed by atoms with Crippen LogP contribution >= 0.6 is 12.4 Å². The highest BCUT2D eigenvalue weighted by molar-refractivity contribution is 7.86. The van der Waals surface area contributed by atoms with Crippen molar-refractivity contribution in [3.05, 3.63) is 0 Å². The van der Waals surface area contributed by atoms with E-state index in [4.69, 9.17) is 0 Å². The molecule has 2 rings (SSSR count). The predicted molar refractivity (Wildman–Crippen MR) is 78.9 cm³/mol. The molecule has 0 amide bonds. The number of halogens is 1. The predicted octanol–water partition coefficient (Wildman–Crippen LogP) is -0.416. The Morgan fingerprint density at radius 3 is 2.47 bits per heavy atom. The van der Waals surface area contributed by atoms with Gasteiger partial charge in [-0.05, 0) is 6.42 Å². The fraction of sp³-hybridized carbons (Fsp3) is 1.00. The summed E-state index contributed by atoms with van der Waals surface area (Å²) >= 11 is 0. The first kappa shape index (κ1) is 17.1. The van der Waals surface area contributed by atoms with Crippen LogP contribution in [0.25, 0.3) is 0 Å². The van der Waals surface area contributed by atoms with Gasteiger partial charge < -0.3 is 5.32 Å². The molecule has 2 heterocycles. The van der Waals surface area contributed by atoms with E-state index in [1.807, 2.05) is 6.92 Å². The molecule has 114 valence electrons. The number of piperazine rings is 1. The van der Waals surface area contributed by atoms with E-state index in [1.54, 1.807) is 11.4 Å². The van der Waals surface area contributed by atoms with Crippen molar-refractivity contribution in [2.75, 3.05) is 52.9 Å². The summed E-state index contributed by atoms with van der Waals surface area (Å²) in [4.78, 5) is 2.41. The molecule has 2 saturated heterocycles. The smallest absolute Gasteiger partial charge is 0.281 e. The molecule has 0 radical (unpaired) electrons. The average molecular weight is 313 g/mol. The Hall–Kier alpha value is 0.0800. The van der Waals surface area contributed by atoms with Gasteiger partial charge in [0.25, 0.3) is 10.2 Å². The second-order valence-corrected chi connectivity index (χ2v) is 7.04. The lowest BCUT2D eigenvalue weighted by Gasteiger charge is -2.32. The number of nitrogens with zero attached hydrogens (tertiary/aromatic N) is 3. The van der Waals surface area contributed by atoms with Crippen molar-refractivity contribution in [3.63, 3.8) is 0 Å². The van der Waals surface area contributed by atoms with E-state index in [1.165, 1.54) is 4.31 Å². The standard InChI is InChI=1S/C11H24N4O2S.ClH/c1-3-13(2)18(16,17)15-7-4-11(10-15)14-8-5-12-6-9-14;/h11-12H,3-10H2,1-2H3;1H. The number of hydrogen-bond donors (Lipinski definition) is 1. The molecule has 0 aromatic heterocycles. The summed E-state index contributed by atoms with van der Waals surface area (Å²) in [7, 11) is -1.59. The average Bonchev–Trinajstić information content (AvgIpc) is 2.89. The van der Waals surface area contributed by atoms with Gasteiger partial charge in [-0.15, -0.1) is 12.4 Å². The maximum Gasteiger partial charge on any atom is 0.281 e. The molecule has 6 nitrogen and oxygen atoms in total. The van der Waals surface area contributed by atoms with Crippen LogP contribution in [-0.4, -0.2) is 80.8 Å². The monoisotopic (exact) mass is 312 g/mol. The molecule has 19 heavy (non-hydrogen) atoms. The van der Waals surface area contributed by atoms with Crippen LogP contribution in [0.4, 0.5) is 0 Å². The van der Waals surface area contributed by atoms with Crippen LogP contribution in [-0.2, 0) is 10.2 Å². The third kappa shape index (κ3) is 3.80.